The van der Waals surface area contributed by atoms with Gasteiger partial charge in [-0.05, 0) is 78.5 Å². The molecule has 0 saturated heterocycles. The Morgan fingerprint density at radius 2 is 0.310 bits per heavy atom. The van der Waals surface area contributed by atoms with Crippen molar-refractivity contribution in [3.05, 3.63) is 0 Å². The van der Waals surface area contributed by atoms with Gasteiger partial charge in [0.15, 0.2) is 0 Å². The van der Waals surface area contributed by atoms with Crippen LogP contribution in [-0.2, 0) is 26.2 Å². The Bertz CT molecular complexity index is 157. The van der Waals surface area contributed by atoms with Crippen LogP contribution in [0.2, 0.25) is 0 Å². The molecule has 0 rings (SSSR count). The standard InChI is InChI=1S/4C6H15N.Zr/c4*1-4-7(5-2)6-3;/h4*4-6H2,1-3H3;. The van der Waals surface area contributed by atoms with Gasteiger partial charge in [0.05, 0.1) is 0 Å². The summed E-state index contributed by atoms with van der Waals surface area (Å²) in [5.74, 6) is 0. The van der Waals surface area contributed by atoms with E-state index in [2.05, 4.69) is 103 Å². The summed E-state index contributed by atoms with van der Waals surface area (Å²) in [6.07, 6.45) is 0. The summed E-state index contributed by atoms with van der Waals surface area (Å²) in [5, 5.41) is 0. The first kappa shape index (κ1) is 40.1. The molecule has 0 aromatic carbocycles. The van der Waals surface area contributed by atoms with Gasteiger partial charge in [0.2, 0.25) is 0 Å². The zero-order chi connectivity index (χ0) is 22.8. The minimum Gasteiger partial charge on any atom is -0.304 e. The van der Waals surface area contributed by atoms with Crippen molar-refractivity contribution in [3.63, 3.8) is 0 Å². The summed E-state index contributed by atoms with van der Waals surface area (Å²) in [6.45, 7) is 40.5. The number of hydrogen-bond donors (Lipinski definition) is 0. The van der Waals surface area contributed by atoms with Crippen molar-refractivity contribution in [3.8, 4) is 0 Å². The fourth-order valence-corrected chi connectivity index (χ4v) is 2.68. The van der Waals surface area contributed by atoms with E-state index in [1.807, 2.05) is 0 Å². The largest absolute Gasteiger partial charge is 0.304 e. The number of nitrogens with zero attached hydrogens (tertiary/aromatic N) is 4. The van der Waals surface area contributed by atoms with Crippen molar-refractivity contribution in [1.82, 2.24) is 19.6 Å². The third-order valence-electron chi connectivity index (χ3n) is 5.37. The molecule has 0 aromatic rings. The average Bonchev–Trinajstić information content (AvgIpc) is 2.75. The molecule has 0 N–H and O–H groups in total. The quantitative estimate of drug-likeness (QED) is 0.360. The smallest absolute Gasteiger partial charge is 0 e. The van der Waals surface area contributed by atoms with Gasteiger partial charge < -0.3 is 19.6 Å². The Morgan fingerprint density at radius 1 is 0.241 bits per heavy atom. The summed E-state index contributed by atoms with van der Waals surface area (Å²) >= 11 is 0. The minimum atomic E-state index is 0. The molecule has 0 spiro atoms. The Hall–Kier alpha value is 0.723. The summed E-state index contributed by atoms with van der Waals surface area (Å²) in [7, 11) is 0. The Labute approximate surface area is 206 Å². The van der Waals surface area contributed by atoms with Crippen molar-refractivity contribution in [2.24, 2.45) is 0 Å². The maximum atomic E-state index is 2.38. The van der Waals surface area contributed by atoms with Crippen molar-refractivity contribution in [2.75, 3.05) is 78.5 Å². The van der Waals surface area contributed by atoms with Crippen LogP contribution in [-0.4, -0.2) is 98.1 Å². The van der Waals surface area contributed by atoms with Crippen LogP contribution in [0.4, 0.5) is 0 Å². The molecule has 5 heteroatoms. The fourth-order valence-electron chi connectivity index (χ4n) is 2.68. The zero-order valence-corrected chi connectivity index (χ0v) is 25.2. The summed E-state index contributed by atoms with van der Waals surface area (Å²) in [5.41, 5.74) is 0. The summed E-state index contributed by atoms with van der Waals surface area (Å²) in [6, 6.07) is 0. The molecule has 0 unspecified atom stereocenters. The van der Waals surface area contributed by atoms with Crippen molar-refractivity contribution < 1.29 is 26.2 Å². The monoisotopic (exact) mass is 494 g/mol. The van der Waals surface area contributed by atoms with Gasteiger partial charge in [0.1, 0.15) is 0 Å². The Balaban J connectivity index is -0.0000000873. The predicted octanol–water partition coefficient (Wildman–Crippen LogP) is 5.39. The van der Waals surface area contributed by atoms with Gasteiger partial charge in [-0.2, -0.15) is 0 Å². The molecule has 0 atom stereocenters. The second-order valence-electron chi connectivity index (χ2n) is 6.48. The van der Waals surface area contributed by atoms with Gasteiger partial charge in [0.25, 0.3) is 0 Å². The molecular formula is C24H60N4Zr. The van der Waals surface area contributed by atoms with Crippen LogP contribution < -0.4 is 0 Å². The first-order chi connectivity index (χ1) is 13.4. The third-order valence-corrected chi connectivity index (χ3v) is 5.37. The molecule has 180 valence electrons. The SMILES string of the molecule is CCN(CC)CC.CCN(CC)CC.CCN(CC)CC.CCN(CC)CC.[Zr]. The molecule has 0 aliphatic carbocycles. The van der Waals surface area contributed by atoms with Gasteiger partial charge in [0, 0.05) is 26.2 Å². The second kappa shape index (κ2) is 36.1. The second-order valence-corrected chi connectivity index (χ2v) is 6.48. The normalized spacial score (nSPS) is 9.93. The van der Waals surface area contributed by atoms with Crippen LogP contribution in [0.25, 0.3) is 0 Å². The molecule has 29 heavy (non-hydrogen) atoms. The molecular weight excluding hydrogens is 436 g/mol. The van der Waals surface area contributed by atoms with E-state index in [1.54, 1.807) is 0 Å². The van der Waals surface area contributed by atoms with Crippen molar-refractivity contribution in [1.29, 1.82) is 0 Å². The van der Waals surface area contributed by atoms with E-state index >= 15 is 0 Å². The van der Waals surface area contributed by atoms with Crippen molar-refractivity contribution in [2.45, 2.75) is 83.1 Å². The topological polar surface area (TPSA) is 13.0 Å². The molecule has 0 amide bonds. The Morgan fingerprint density at radius 3 is 0.310 bits per heavy atom. The summed E-state index contributed by atoms with van der Waals surface area (Å²) in [4.78, 5) is 9.50. The van der Waals surface area contributed by atoms with Gasteiger partial charge in [-0.1, -0.05) is 83.1 Å². The molecule has 0 aliphatic heterocycles. The van der Waals surface area contributed by atoms with Crippen LogP contribution in [0.15, 0.2) is 0 Å². The van der Waals surface area contributed by atoms with E-state index in [0.29, 0.717) is 0 Å². The number of rotatable bonds is 12. The van der Waals surface area contributed by atoms with E-state index in [4.69, 9.17) is 0 Å². The maximum Gasteiger partial charge on any atom is 0 e. The maximum absolute atomic E-state index is 2.38. The third kappa shape index (κ3) is 33.6. The fraction of sp³-hybridized carbons (Fsp3) is 1.00. The minimum absolute atomic E-state index is 0. The Kier molecular flexibility index (Phi) is 50.0. The van der Waals surface area contributed by atoms with Gasteiger partial charge in [-0.15, -0.1) is 0 Å². The van der Waals surface area contributed by atoms with Crippen LogP contribution in [0.1, 0.15) is 83.1 Å². The van der Waals surface area contributed by atoms with Crippen LogP contribution in [0.5, 0.6) is 0 Å². The molecule has 4 nitrogen and oxygen atoms in total. The molecule has 0 fully saturated rings. The predicted molar refractivity (Wildman–Crippen MR) is 134 cm³/mol. The molecule has 0 bridgehead atoms. The van der Waals surface area contributed by atoms with Gasteiger partial charge >= 0.3 is 0 Å². The van der Waals surface area contributed by atoms with Crippen molar-refractivity contribution >= 4 is 0 Å². The molecule has 0 aromatic heterocycles. The number of hydrogen-bond acceptors (Lipinski definition) is 4. The van der Waals surface area contributed by atoms with Crippen LogP contribution in [0, 0.1) is 0 Å². The van der Waals surface area contributed by atoms with E-state index in [-0.39, 0.29) is 26.2 Å². The van der Waals surface area contributed by atoms with Gasteiger partial charge in [-0.25, -0.2) is 0 Å². The molecule has 0 aliphatic rings. The van der Waals surface area contributed by atoms with E-state index < -0.39 is 0 Å². The average molecular weight is 496 g/mol. The van der Waals surface area contributed by atoms with E-state index in [9.17, 15) is 0 Å². The molecule has 0 heterocycles. The van der Waals surface area contributed by atoms with Crippen LogP contribution >= 0.6 is 0 Å². The molecule has 0 radical (unpaired) electrons. The molecule has 0 saturated carbocycles. The first-order valence-electron chi connectivity index (χ1n) is 12.3. The summed E-state index contributed by atoms with van der Waals surface area (Å²) < 4.78 is 0. The van der Waals surface area contributed by atoms with Crippen LogP contribution in [0.3, 0.4) is 0 Å². The van der Waals surface area contributed by atoms with E-state index in [0.717, 1.165) is 0 Å². The van der Waals surface area contributed by atoms with Gasteiger partial charge in [-0.3, -0.25) is 0 Å². The first-order valence-corrected chi connectivity index (χ1v) is 12.3. The zero-order valence-electron chi connectivity index (χ0n) is 22.8. The van der Waals surface area contributed by atoms with E-state index in [1.165, 1.54) is 78.5 Å².